The molecule has 3 aromatic rings. The number of carboxylic acid groups (broad SMARTS) is 1. The van der Waals surface area contributed by atoms with Gasteiger partial charge in [0.2, 0.25) is 11.4 Å². The Balaban J connectivity index is 1.52. The molecule has 0 aliphatic carbocycles. The highest BCUT2D eigenvalue weighted by Gasteiger charge is 2.31. The normalized spacial score (nSPS) is 19.8. The number of anilines is 2. The van der Waals surface area contributed by atoms with Crippen LogP contribution < -0.4 is 20.4 Å². The molecule has 0 spiro atoms. The fourth-order valence-corrected chi connectivity index (χ4v) is 4.33. The Labute approximate surface area is 182 Å². The molecule has 2 aromatic heterocycles. The van der Waals surface area contributed by atoms with E-state index in [0.29, 0.717) is 18.0 Å². The van der Waals surface area contributed by atoms with Crippen LogP contribution in [-0.2, 0) is 0 Å². The van der Waals surface area contributed by atoms with Gasteiger partial charge in [0.15, 0.2) is 11.6 Å². The first-order chi connectivity index (χ1) is 15.3. The van der Waals surface area contributed by atoms with Crippen molar-refractivity contribution in [3.05, 3.63) is 51.8 Å². The molecule has 166 valence electrons. The van der Waals surface area contributed by atoms with Crippen molar-refractivity contribution in [1.82, 2.24) is 14.5 Å². The van der Waals surface area contributed by atoms with Gasteiger partial charge in [-0.1, -0.05) is 0 Å². The van der Waals surface area contributed by atoms with E-state index in [1.165, 1.54) is 6.20 Å². The SMILES string of the molecule is Cc1cnc(N2CCC(Nc3c(F)cc4c(=O)c(C(=O)O)cn5c4c3OC[C@@H]5C)C2)nc1. The Morgan fingerprint density at radius 2 is 2.09 bits per heavy atom. The molecule has 4 heterocycles. The van der Waals surface area contributed by atoms with Crippen molar-refractivity contribution in [3.63, 3.8) is 0 Å². The molecule has 1 fully saturated rings. The summed E-state index contributed by atoms with van der Waals surface area (Å²) >= 11 is 0. The van der Waals surface area contributed by atoms with E-state index in [0.717, 1.165) is 24.6 Å². The third-order valence-corrected chi connectivity index (χ3v) is 5.98. The Morgan fingerprint density at radius 3 is 2.81 bits per heavy atom. The van der Waals surface area contributed by atoms with Crippen LogP contribution in [-0.4, -0.2) is 51.3 Å². The summed E-state index contributed by atoms with van der Waals surface area (Å²) in [5, 5.41) is 12.6. The molecule has 0 bridgehead atoms. The number of carbonyl (C=O) groups is 1. The number of hydrogen-bond acceptors (Lipinski definition) is 7. The summed E-state index contributed by atoms with van der Waals surface area (Å²) in [4.78, 5) is 35.0. The summed E-state index contributed by atoms with van der Waals surface area (Å²) in [5.74, 6) is -1.14. The van der Waals surface area contributed by atoms with Gasteiger partial charge in [-0.3, -0.25) is 4.79 Å². The van der Waals surface area contributed by atoms with Crippen molar-refractivity contribution in [1.29, 1.82) is 0 Å². The summed E-state index contributed by atoms with van der Waals surface area (Å²) in [6.45, 7) is 5.31. The van der Waals surface area contributed by atoms with Crippen molar-refractivity contribution < 1.29 is 19.0 Å². The Bertz CT molecular complexity index is 1290. The molecule has 2 aliphatic rings. The smallest absolute Gasteiger partial charge is 0.341 e. The number of benzene rings is 1. The Kier molecular flexibility index (Phi) is 4.72. The summed E-state index contributed by atoms with van der Waals surface area (Å²) in [7, 11) is 0. The molecule has 1 aromatic carbocycles. The van der Waals surface area contributed by atoms with Gasteiger partial charge in [0.1, 0.15) is 17.9 Å². The maximum atomic E-state index is 15.2. The van der Waals surface area contributed by atoms with Gasteiger partial charge in [0.05, 0.1) is 16.9 Å². The molecule has 2 atom stereocenters. The highest BCUT2D eigenvalue weighted by Crippen LogP contribution is 2.40. The van der Waals surface area contributed by atoms with Crippen LogP contribution in [0.2, 0.25) is 0 Å². The number of aryl methyl sites for hydroxylation is 1. The molecule has 0 amide bonds. The number of pyridine rings is 1. The molecule has 0 saturated carbocycles. The predicted octanol–water partition coefficient (Wildman–Crippen LogP) is 2.58. The molecule has 2 aliphatic heterocycles. The Morgan fingerprint density at radius 1 is 1.34 bits per heavy atom. The molecule has 5 rings (SSSR count). The van der Waals surface area contributed by atoms with Gasteiger partial charge in [0, 0.05) is 37.7 Å². The largest absolute Gasteiger partial charge is 0.487 e. The number of aromatic nitrogens is 3. The second-order valence-electron chi connectivity index (χ2n) is 8.34. The number of carboxylic acids is 1. The summed E-state index contributed by atoms with van der Waals surface area (Å²) in [6, 6.07) is 0.816. The first-order valence-electron chi connectivity index (χ1n) is 10.4. The highest BCUT2D eigenvalue weighted by molar-refractivity contribution is 5.97. The second kappa shape index (κ2) is 7.47. The molecule has 1 unspecified atom stereocenters. The number of halogens is 1. The van der Waals surface area contributed by atoms with E-state index in [1.54, 1.807) is 17.0 Å². The van der Waals surface area contributed by atoms with Crippen molar-refractivity contribution in [2.75, 3.05) is 29.9 Å². The first-order valence-corrected chi connectivity index (χ1v) is 10.4. The lowest BCUT2D eigenvalue weighted by molar-refractivity contribution is 0.0694. The minimum absolute atomic E-state index is 0.00407. The van der Waals surface area contributed by atoms with E-state index in [4.69, 9.17) is 4.74 Å². The minimum atomic E-state index is -1.34. The fourth-order valence-electron chi connectivity index (χ4n) is 4.33. The summed E-state index contributed by atoms with van der Waals surface area (Å²) in [6.07, 6.45) is 5.58. The zero-order valence-electron chi connectivity index (χ0n) is 17.6. The number of nitrogens with zero attached hydrogens (tertiary/aromatic N) is 4. The third kappa shape index (κ3) is 3.22. The van der Waals surface area contributed by atoms with E-state index in [1.807, 2.05) is 18.7 Å². The number of rotatable bonds is 4. The lowest BCUT2D eigenvalue weighted by Crippen LogP contribution is -2.30. The average Bonchev–Trinajstić information content (AvgIpc) is 3.23. The predicted molar refractivity (Wildman–Crippen MR) is 116 cm³/mol. The zero-order valence-corrected chi connectivity index (χ0v) is 17.6. The lowest BCUT2D eigenvalue weighted by atomic mass is 10.1. The molecule has 1 saturated heterocycles. The molecular weight excluding hydrogens is 417 g/mol. The standard InChI is InChI=1S/C22H22FN5O4/c1-11-6-24-22(25-7-11)27-4-3-13(8-27)26-17-16(23)5-14-18-20(17)32-10-12(2)28(18)9-15(19(14)29)21(30)31/h5-7,9,12-13,26H,3-4,8,10H2,1-2H3,(H,30,31)/t12-,13?/m0/s1. The van der Waals surface area contributed by atoms with Gasteiger partial charge >= 0.3 is 5.97 Å². The maximum absolute atomic E-state index is 15.2. The van der Waals surface area contributed by atoms with E-state index in [2.05, 4.69) is 15.3 Å². The summed E-state index contributed by atoms with van der Waals surface area (Å²) < 4.78 is 22.7. The van der Waals surface area contributed by atoms with Crippen molar-refractivity contribution in [2.45, 2.75) is 32.4 Å². The molecular formula is C22H22FN5O4. The summed E-state index contributed by atoms with van der Waals surface area (Å²) in [5.41, 5.74) is 0.443. The average molecular weight is 439 g/mol. The molecule has 32 heavy (non-hydrogen) atoms. The number of ether oxygens (including phenoxy) is 1. The topological polar surface area (TPSA) is 110 Å². The third-order valence-electron chi connectivity index (χ3n) is 5.98. The van der Waals surface area contributed by atoms with Gasteiger partial charge in [-0.15, -0.1) is 0 Å². The monoisotopic (exact) mass is 439 g/mol. The van der Waals surface area contributed by atoms with Gasteiger partial charge in [-0.25, -0.2) is 19.2 Å². The van der Waals surface area contributed by atoms with Crippen LogP contribution in [0.25, 0.3) is 10.9 Å². The number of aromatic carboxylic acids is 1. The van der Waals surface area contributed by atoms with E-state index in [9.17, 15) is 14.7 Å². The van der Waals surface area contributed by atoms with Gasteiger partial charge in [-0.2, -0.15) is 0 Å². The van der Waals surface area contributed by atoms with Crippen LogP contribution in [0.1, 0.15) is 35.3 Å². The second-order valence-corrected chi connectivity index (χ2v) is 8.34. The number of hydrogen-bond donors (Lipinski definition) is 2. The van der Waals surface area contributed by atoms with E-state index >= 15 is 4.39 Å². The van der Waals surface area contributed by atoms with E-state index < -0.39 is 17.2 Å². The van der Waals surface area contributed by atoms with Crippen LogP contribution in [0.5, 0.6) is 5.75 Å². The maximum Gasteiger partial charge on any atom is 0.341 e. The van der Waals surface area contributed by atoms with Crippen molar-refractivity contribution in [3.8, 4) is 5.75 Å². The van der Waals surface area contributed by atoms with Crippen molar-refractivity contribution >= 4 is 28.5 Å². The number of nitrogens with one attached hydrogen (secondary N) is 1. The molecule has 2 N–H and O–H groups in total. The van der Waals surface area contributed by atoms with Crippen LogP contribution in [0, 0.1) is 12.7 Å². The lowest BCUT2D eigenvalue weighted by Gasteiger charge is -2.29. The first kappa shape index (κ1) is 20.2. The van der Waals surface area contributed by atoms with Crippen molar-refractivity contribution in [2.24, 2.45) is 0 Å². The van der Waals surface area contributed by atoms with Crippen LogP contribution in [0.15, 0.2) is 29.5 Å². The molecule has 0 radical (unpaired) electrons. The molecule has 10 heteroatoms. The van der Waals surface area contributed by atoms with Crippen LogP contribution in [0.3, 0.4) is 0 Å². The van der Waals surface area contributed by atoms with E-state index in [-0.39, 0.29) is 41.1 Å². The van der Waals surface area contributed by atoms with Crippen LogP contribution >= 0.6 is 0 Å². The van der Waals surface area contributed by atoms with Gasteiger partial charge in [-0.05, 0) is 31.9 Å². The molecule has 9 nitrogen and oxygen atoms in total. The quantitative estimate of drug-likeness (QED) is 0.639. The van der Waals surface area contributed by atoms with Gasteiger partial charge in [0.25, 0.3) is 0 Å². The zero-order chi connectivity index (χ0) is 22.6. The fraction of sp³-hybridized carbons (Fsp3) is 0.364. The minimum Gasteiger partial charge on any atom is -0.487 e. The highest BCUT2D eigenvalue weighted by atomic mass is 19.1. The van der Waals surface area contributed by atoms with Crippen LogP contribution in [0.4, 0.5) is 16.0 Å². The van der Waals surface area contributed by atoms with Gasteiger partial charge < -0.3 is 24.6 Å². The Hall–Kier alpha value is -3.69.